The molecule has 20 heavy (non-hydrogen) atoms. The number of H-pyrrole nitrogens is 1. The van der Waals surface area contributed by atoms with Gasteiger partial charge in [-0.05, 0) is 32.4 Å². The number of nitrogens with one attached hydrogen (secondary N) is 1. The summed E-state index contributed by atoms with van der Waals surface area (Å²) in [5, 5.41) is 0.875. The van der Waals surface area contributed by atoms with Crippen molar-refractivity contribution in [3.05, 3.63) is 36.0 Å². The van der Waals surface area contributed by atoms with E-state index in [1.165, 1.54) is 20.8 Å². The highest BCUT2D eigenvalue weighted by atomic mass is 16.2. The number of fused-ring (bicyclic) bond motifs is 1. The van der Waals surface area contributed by atoms with E-state index in [-0.39, 0.29) is 17.3 Å². The summed E-state index contributed by atoms with van der Waals surface area (Å²) in [6.45, 7) is 4.14. The minimum absolute atomic E-state index is 0.176. The molecular weight excluding hydrogens is 254 g/mol. The molecule has 4 heteroatoms. The van der Waals surface area contributed by atoms with Gasteiger partial charge in [0.1, 0.15) is 17.3 Å². The Morgan fingerprint density at radius 3 is 2.10 bits per heavy atom. The van der Waals surface area contributed by atoms with Crippen molar-refractivity contribution in [1.29, 1.82) is 0 Å². The molecule has 0 spiro atoms. The Bertz CT molecular complexity index is 670. The summed E-state index contributed by atoms with van der Waals surface area (Å²) in [4.78, 5) is 38.7. The van der Waals surface area contributed by atoms with E-state index in [0.29, 0.717) is 5.56 Å². The van der Waals surface area contributed by atoms with Gasteiger partial charge in [-0.15, -0.1) is 0 Å². The molecule has 2 aromatic rings. The van der Waals surface area contributed by atoms with Gasteiger partial charge in [0.2, 0.25) is 0 Å². The molecule has 0 aliphatic rings. The van der Waals surface area contributed by atoms with Gasteiger partial charge in [0.05, 0.1) is 11.8 Å². The zero-order valence-electron chi connectivity index (χ0n) is 11.8. The van der Waals surface area contributed by atoms with Crippen LogP contribution in [0.5, 0.6) is 0 Å². The van der Waals surface area contributed by atoms with Crippen LogP contribution in [0.25, 0.3) is 10.9 Å². The Balaban J connectivity index is 2.62. The molecule has 0 fully saturated rings. The quantitative estimate of drug-likeness (QED) is 0.850. The number of ketones is 3. The first-order valence-corrected chi connectivity index (χ1v) is 6.51. The molecule has 0 amide bonds. The van der Waals surface area contributed by atoms with Gasteiger partial charge in [0.25, 0.3) is 0 Å². The van der Waals surface area contributed by atoms with Crippen molar-refractivity contribution in [1.82, 2.24) is 4.98 Å². The van der Waals surface area contributed by atoms with Crippen molar-refractivity contribution >= 4 is 28.3 Å². The Labute approximate surface area is 117 Å². The van der Waals surface area contributed by atoms with Crippen LogP contribution in [0.15, 0.2) is 30.5 Å². The summed E-state index contributed by atoms with van der Waals surface area (Å²) in [5.41, 5.74) is 1.60. The number of Topliss-reactive ketones (excluding diaryl/α,β-unsaturated/α-hetero) is 3. The van der Waals surface area contributed by atoms with Gasteiger partial charge in [-0.2, -0.15) is 0 Å². The fourth-order valence-corrected chi connectivity index (χ4v) is 2.74. The average molecular weight is 271 g/mol. The Hall–Kier alpha value is -2.23. The van der Waals surface area contributed by atoms with Crippen LogP contribution in [0.1, 0.15) is 32.3 Å². The van der Waals surface area contributed by atoms with Crippen molar-refractivity contribution in [2.75, 3.05) is 0 Å². The maximum atomic E-state index is 12.0. The van der Waals surface area contributed by atoms with Crippen LogP contribution in [-0.4, -0.2) is 22.3 Å². The standard InChI is InChI=1S/C16H17NO3/c1-9(18)15(10(2)19)16(11(3)20)13-8-17-14-7-5-4-6-12(13)14/h4-8,15-17H,1-3H3. The molecule has 1 aromatic heterocycles. The first kappa shape index (κ1) is 14.2. The molecule has 0 aliphatic heterocycles. The minimum Gasteiger partial charge on any atom is -0.361 e. The lowest BCUT2D eigenvalue weighted by Gasteiger charge is -2.20. The van der Waals surface area contributed by atoms with Crippen LogP contribution in [-0.2, 0) is 14.4 Å². The molecule has 0 saturated carbocycles. The van der Waals surface area contributed by atoms with E-state index in [1.807, 2.05) is 24.3 Å². The fraction of sp³-hybridized carbons (Fsp3) is 0.312. The average Bonchev–Trinajstić information content (AvgIpc) is 2.78. The van der Waals surface area contributed by atoms with Gasteiger partial charge in [0, 0.05) is 17.1 Å². The van der Waals surface area contributed by atoms with Crippen LogP contribution < -0.4 is 0 Å². The lowest BCUT2D eigenvalue weighted by molar-refractivity contribution is -0.135. The molecule has 1 aromatic carbocycles. The van der Waals surface area contributed by atoms with E-state index in [2.05, 4.69) is 4.98 Å². The Morgan fingerprint density at radius 2 is 1.55 bits per heavy atom. The summed E-state index contributed by atoms with van der Waals surface area (Å²) >= 11 is 0. The van der Waals surface area contributed by atoms with E-state index in [0.717, 1.165) is 10.9 Å². The highest BCUT2D eigenvalue weighted by molar-refractivity contribution is 6.07. The monoisotopic (exact) mass is 271 g/mol. The summed E-state index contributed by atoms with van der Waals surface area (Å²) in [7, 11) is 0. The number of rotatable bonds is 5. The lowest BCUT2D eigenvalue weighted by Crippen LogP contribution is -2.30. The second-order valence-corrected chi connectivity index (χ2v) is 5.08. The predicted molar refractivity (Wildman–Crippen MR) is 76.6 cm³/mol. The highest BCUT2D eigenvalue weighted by Gasteiger charge is 2.35. The van der Waals surface area contributed by atoms with Crippen LogP contribution >= 0.6 is 0 Å². The van der Waals surface area contributed by atoms with Crippen LogP contribution in [0.4, 0.5) is 0 Å². The van der Waals surface area contributed by atoms with Gasteiger partial charge in [0.15, 0.2) is 0 Å². The normalized spacial score (nSPS) is 12.6. The first-order valence-electron chi connectivity index (χ1n) is 6.51. The van der Waals surface area contributed by atoms with E-state index < -0.39 is 11.8 Å². The molecule has 0 bridgehead atoms. The van der Waals surface area contributed by atoms with E-state index in [1.54, 1.807) is 6.20 Å². The number of para-hydroxylation sites is 1. The molecular formula is C16H17NO3. The molecule has 0 aliphatic carbocycles. The van der Waals surface area contributed by atoms with Crippen molar-refractivity contribution in [2.45, 2.75) is 26.7 Å². The third-order valence-corrected chi connectivity index (χ3v) is 3.60. The third-order valence-electron chi connectivity index (χ3n) is 3.60. The van der Waals surface area contributed by atoms with Gasteiger partial charge >= 0.3 is 0 Å². The minimum atomic E-state index is -0.910. The maximum absolute atomic E-state index is 12.0. The second-order valence-electron chi connectivity index (χ2n) is 5.08. The molecule has 2 rings (SSSR count). The van der Waals surface area contributed by atoms with E-state index >= 15 is 0 Å². The molecule has 1 unspecified atom stereocenters. The molecule has 1 atom stereocenters. The molecule has 0 radical (unpaired) electrons. The predicted octanol–water partition coefficient (Wildman–Crippen LogP) is 2.63. The van der Waals surface area contributed by atoms with Crippen molar-refractivity contribution in [2.24, 2.45) is 5.92 Å². The first-order chi connectivity index (χ1) is 9.43. The summed E-state index contributed by atoms with van der Waals surface area (Å²) in [5.74, 6) is -2.36. The molecule has 1 heterocycles. The molecule has 0 saturated heterocycles. The summed E-state index contributed by atoms with van der Waals surface area (Å²) < 4.78 is 0. The Morgan fingerprint density at radius 1 is 0.950 bits per heavy atom. The summed E-state index contributed by atoms with van der Waals surface area (Å²) in [6, 6.07) is 7.53. The van der Waals surface area contributed by atoms with Crippen LogP contribution in [0.3, 0.4) is 0 Å². The summed E-state index contributed by atoms with van der Waals surface area (Å²) in [6.07, 6.45) is 1.72. The van der Waals surface area contributed by atoms with E-state index in [4.69, 9.17) is 0 Å². The number of carbonyl (C=O) groups is 3. The highest BCUT2D eigenvalue weighted by Crippen LogP contribution is 2.32. The molecule has 1 N–H and O–H groups in total. The third kappa shape index (κ3) is 2.41. The van der Waals surface area contributed by atoms with Gasteiger partial charge < -0.3 is 4.98 Å². The largest absolute Gasteiger partial charge is 0.361 e. The smallest absolute Gasteiger partial charge is 0.141 e. The van der Waals surface area contributed by atoms with Crippen LogP contribution in [0.2, 0.25) is 0 Å². The zero-order chi connectivity index (χ0) is 14.9. The molecule has 4 nitrogen and oxygen atoms in total. The second kappa shape index (κ2) is 5.41. The van der Waals surface area contributed by atoms with Gasteiger partial charge in [-0.1, -0.05) is 18.2 Å². The molecule has 104 valence electrons. The fourth-order valence-electron chi connectivity index (χ4n) is 2.74. The number of hydrogen-bond acceptors (Lipinski definition) is 3. The number of aromatic amines is 1. The van der Waals surface area contributed by atoms with Crippen molar-refractivity contribution < 1.29 is 14.4 Å². The number of benzene rings is 1. The van der Waals surface area contributed by atoms with Crippen molar-refractivity contribution in [3.63, 3.8) is 0 Å². The van der Waals surface area contributed by atoms with Crippen LogP contribution in [0, 0.1) is 5.92 Å². The number of hydrogen-bond donors (Lipinski definition) is 1. The van der Waals surface area contributed by atoms with Gasteiger partial charge in [-0.25, -0.2) is 0 Å². The topological polar surface area (TPSA) is 67.0 Å². The zero-order valence-corrected chi connectivity index (χ0v) is 11.8. The van der Waals surface area contributed by atoms with Gasteiger partial charge in [-0.3, -0.25) is 14.4 Å². The number of aromatic nitrogens is 1. The maximum Gasteiger partial charge on any atom is 0.141 e. The SMILES string of the molecule is CC(=O)C(C(C)=O)C(C(C)=O)c1c[nH]c2ccccc12. The lowest BCUT2D eigenvalue weighted by atomic mass is 9.79. The van der Waals surface area contributed by atoms with Crippen molar-refractivity contribution in [3.8, 4) is 0 Å². The van der Waals surface area contributed by atoms with E-state index in [9.17, 15) is 14.4 Å². The number of carbonyl (C=O) groups excluding carboxylic acids is 3. The Kier molecular flexibility index (Phi) is 3.84.